The zero-order chi connectivity index (χ0) is 17.8. The molecule has 1 aromatic carbocycles. The van der Waals surface area contributed by atoms with E-state index in [1.807, 2.05) is 25.5 Å². The maximum atomic E-state index is 12.3. The fourth-order valence-electron chi connectivity index (χ4n) is 2.53. The molecule has 134 valence electrons. The van der Waals surface area contributed by atoms with Crippen LogP contribution < -0.4 is 20.1 Å². The lowest BCUT2D eigenvalue weighted by Crippen LogP contribution is -2.36. The minimum Gasteiger partial charge on any atom is -0.486 e. The molecule has 2 aromatic rings. The van der Waals surface area contributed by atoms with E-state index >= 15 is 0 Å². The number of benzene rings is 1. The Labute approximate surface area is 159 Å². The number of rotatable bonds is 5. The van der Waals surface area contributed by atoms with Gasteiger partial charge in [0, 0.05) is 28.0 Å². The molecule has 0 fully saturated rings. The average Bonchev–Trinajstić information content (AvgIpc) is 3.09. The van der Waals surface area contributed by atoms with Crippen LogP contribution in [-0.2, 0) is 0 Å². The maximum absolute atomic E-state index is 12.3. The number of halogens is 1. The van der Waals surface area contributed by atoms with Crippen LogP contribution in [0.4, 0.5) is 10.5 Å². The van der Waals surface area contributed by atoms with Gasteiger partial charge < -0.3 is 25.0 Å². The molecule has 6 nitrogen and oxygen atoms in total. The molecule has 1 aliphatic heterocycles. The van der Waals surface area contributed by atoms with Gasteiger partial charge in [0.2, 0.25) is 0 Å². The first kappa shape index (κ1) is 18.0. The predicted molar refractivity (Wildman–Crippen MR) is 103 cm³/mol. The molecule has 0 aliphatic carbocycles. The summed E-state index contributed by atoms with van der Waals surface area (Å²) in [4.78, 5) is 15.6. The molecule has 2 heterocycles. The van der Waals surface area contributed by atoms with Crippen molar-refractivity contribution >= 4 is 39.0 Å². The number of nitrogens with zero attached hydrogens (tertiary/aromatic N) is 1. The van der Waals surface area contributed by atoms with Crippen molar-refractivity contribution in [3.63, 3.8) is 0 Å². The Morgan fingerprint density at radius 1 is 1.32 bits per heavy atom. The SMILES string of the molecule is CN(C)C(CNC(=O)Nc1cc2c(cc1Br)OCCO2)c1cccs1. The van der Waals surface area contributed by atoms with Gasteiger partial charge in [0.15, 0.2) is 11.5 Å². The van der Waals surface area contributed by atoms with Gasteiger partial charge >= 0.3 is 6.03 Å². The maximum Gasteiger partial charge on any atom is 0.319 e. The third-order valence-corrected chi connectivity index (χ3v) is 5.46. The van der Waals surface area contributed by atoms with E-state index in [1.54, 1.807) is 23.5 Å². The van der Waals surface area contributed by atoms with E-state index in [-0.39, 0.29) is 12.1 Å². The topological polar surface area (TPSA) is 62.8 Å². The summed E-state index contributed by atoms with van der Waals surface area (Å²) in [5, 5.41) is 7.82. The summed E-state index contributed by atoms with van der Waals surface area (Å²) >= 11 is 5.14. The Morgan fingerprint density at radius 2 is 2.04 bits per heavy atom. The molecule has 2 amide bonds. The number of anilines is 1. The predicted octanol–water partition coefficient (Wildman–Crippen LogP) is 3.71. The van der Waals surface area contributed by atoms with E-state index in [2.05, 4.69) is 37.5 Å². The van der Waals surface area contributed by atoms with Crippen LogP contribution in [0, 0.1) is 0 Å². The lowest BCUT2D eigenvalue weighted by molar-refractivity contribution is 0.171. The molecule has 8 heteroatoms. The van der Waals surface area contributed by atoms with Crippen molar-refractivity contribution in [2.45, 2.75) is 6.04 Å². The Balaban J connectivity index is 1.62. The number of likely N-dealkylation sites (N-methyl/N-ethyl adjacent to an activating group) is 1. The summed E-state index contributed by atoms with van der Waals surface area (Å²) in [7, 11) is 4.00. The quantitative estimate of drug-likeness (QED) is 0.766. The van der Waals surface area contributed by atoms with Crippen molar-refractivity contribution < 1.29 is 14.3 Å². The number of nitrogens with one attached hydrogen (secondary N) is 2. The monoisotopic (exact) mass is 425 g/mol. The number of hydrogen-bond donors (Lipinski definition) is 2. The lowest BCUT2D eigenvalue weighted by Gasteiger charge is -2.24. The molecule has 1 aliphatic rings. The van der Waals surface area contributed by atoms with E-state index in [0.29, 0.717) is 36.9 Å². The van der Waals surface area contributed by atoms with Crippen molar-refractivity contribution in [2.24, 2.45) is 0 Å². The molecular formula is C17H20BrN3O3S. The van der Waals surface area contributed by atoms with Crippen molar-refractivity contribution in [1.29, 1.82) is 0 Å². The molecule has 25 heavy (non-hydrogen) atoms. The molecular weight excluding hydrogens is 406 g/mol. The first-order valence-corrected chi connectivity index (χ1v) is 9.55. The van der Waals surface area contributed by atoms with Gasteiger partial charge in [-0.2, -0.15) is 0 Å². The summed E-state index contributed by atoms with van der Waals surface area (Å²) in [5.74, 6) is 1.31. The summed E-state index contributed by atoms with van der Waals surface area (Å²) < 4.78 is 11.8. The molecule has 0 saturated carbocycles. The minimum absolute atomic E-state index is 0.134. The molecule has 0 saturated heterocycles. The fraction of sp³-hybridized carbons (Fsp3) is 0.353. The first-order valence-electron chi connectivity index (χ1n) is 7.88. The van der Waals surface area contributed by atoms with Gasteiger partial charge in [-0.15, -0.1) is 11.3 Å². The van der Waals surface area contributed by atoms with Crippen LogP contribution in [0.1, 0.15) is 10.9 Å². The molecule has 2 N–H and O–H groups in total. The second-order valence-corrected chi connectivity index (χ2v) is 7.64. The number of fused-ring (bicyclic) bond motifs is 1. The molecule has 1 atom stereocenters. The van der Waals surface area contributed by atoms with Gasteiger partial charge in [0.1, 0.15) is 13.2 Å². The van der Waals surface area contributed by atoms with Gasteiger partial charge in [-0.1, -0.05) is 6.07 Å². The number of carbonyl (C=O) groups is 1. The van der Waals surface area contributed by atoms with Crippen LogP contribution in [-0.4, -0.2) is 44.8 Å². The van der Waals surface area contributed by atoms with E-state index in [4.69, 9.17) is 9.47 Å². The number of ether oxygens (including phenoxy) is 2. The second-order valence-electron chi connectivity index (χ2n) is 5.81. The van der Waals surface area contributed by atoms with Gasteiger partial charge in [0.25, 0.3) is 0 Å². The zero-order valence-corrected chi connectivity index (χ0v) is 16.4. The van der Waals surface area contributed by atoms with Crippen LogP contribution in [0.15, 0.2) is 34.1 Å². The highest BCUT2D eigenvalue weighted by molar-refractivity contribution is 9.10. The Kier molecular flexibility index (Phi) is 5.82. The van der Waals surface area contributed by atoms with Crippen molar-refractivity contribution in [3.05, 3.63) is 39.0 Å². The van der Waals surface area contributed by atoms with Crippen LogP contribution in [0.3, 0.4) is 0 Å². The number of amides is 2. The third-order valence-electron chi connectivity index (χ3n) is 3.83. The van der Waals surface area contributed by atoms with Gasteiger partial charge in [-0.05, 0) is 41.5 Å². The zero-order valence-electron chi connectivity index (χ0n) is 14.0. The fourth-order valence-corrected chi connectivity index (χ4v) is 3.88. The first-order chi connectivity index (χ1) is 12.0. The summed E-state index contributed by atoms with van der Waals surface area (Å²) in [6, 6.07) is 7.53. The van der Waals surface area contributed by atoms with Crippen LogP contribution in [0.25, 0.3) is 0 Å². The molecule has 0 spiro atoms. The van der Waals surface area contributed by atoms with Gasteiger partial charge in [-0.25, -0.2) is 4.79 Å². The lowest BCUT2D eigenvalue weighted by atomic mass is 10.2. The van der Waals surface area contributed by atoms with Gasteiger partial charge in [-0.3, -0.25) is 0 Å². The number of urea groups is 1. The number of hydrogen-bond acceptors (Lipinski definition) is 5. The third kappa shape index (κ3) is 4.45. The van der Waals surface area contributed by atoms with E-state index < -0.39 is 0 Å². The Bertz CT molecular complexity index is 737. The summed E-state index contributed by atoms with van der Waals surface area (Å²) in [5.41, 5.74) is 0.638. The summed E-state index contributed by atoms with van der Waals surface area (Å²) in [6.07, 6.45) is 0. The normalized spacial score (nSPS) is 14.2. The molecule has 0 radical (unpaired) electrons. The van der Waals surface area contributed by atoms with Crippen molar-refractivity contribution in [3.8, 4) is 11.5 Å². The highest BCUT2D eigenvalue weighted by Gasteiger charge is 2.18. The largest absolute Gasteiger partial charge is 0.486 e. The van der Waals surface area contributed by atoms with Gasteiger partial charge in [0.05, 0.1) is 11.7 Å². The van der Waals surface area contributed by atoms with Crippen molar-refractivity contribution in [2.75, 3.05) is 39.2 Å². The summed E-state index contributed by atoms with van der Waals surface area (Å²) in [6.45, 7) is 1.55. The Hall–Kier alpha value is -1.77. The molecule has 3 rings (SSSR count). The minimum atomic E-state index is -0.263. The average molecular weight is 426 g/mol. The Morgan fingerprint density at radius 3 is 2.68 bits per heavy atom. The van der Waals surface area contributed by atoms with E-state index in [9.17, 15) is 4.79 Å². The van der Waals surface area contributed by atoms with E-state index in [0.717, 1.165) is 4.47 Å². The van der Waals surface area contributed by atoms with Crippen LogP contribution >= 0.6 is 27.3 Å². The highest BCUT2D eigenvalue weighted by atomic mass is 79.9. The standard InChI is InChI=1S/C17H20BrN3O3S/c1-21(2)13(16-4-3-7-25-16)10-19-17(22)20-12-9-15-14(8-11(12)18)23-5-6-24-15/h3-4,7-9,13H,5-6,10H2,1-2H3,(H2,19,20,22). The highest BCUT2D eigenvalue weighted by Crippen LogP contribution is 2.38. The molecule has 1 unspecified atom stereocenters. The van der Waals surface area contributed by atoms with Crippen LogP contribution in [0.5, 0.6) is 11.5 Å². The number of carbonyl (C=O) groups excluding carboxylic acids is 1. The molecule has 1 aromatic heterocycles. The second kappa shape index (κ2) is 8.07. The van der Waals surface area contributed by atoms with Crippen molar-refractivity contribution in [1.82, 2.24) is 10.2 Å². The number of thiophene rings is 1. The van der Waals surface area contributed by atoms with E-state index in [1.165, 1.54) is 4.88 Å². The molecule has 0 bridgehead atoms. The van der Waals surface area contributed by atoms with Crippen LogP contribution in [0.2, 0.25) is 0 Å². The smallest absolute Gasteiger partial charge is 0.319 e.